The summed E-state index contributed by atoms with van der Waals surface area (Å²) in [6.07, 6.45) is 0. The van der Waals surface area contributed by atoms with E-state index in [-0.39, 0.29) is 11.7 Å². The van der Waals surface area contributed by atoms with Crippen molar-refractivity contribution < 1.29 is 9.59 Å². The topological polar surface area (TPSA) is 72.0 Å². The Labute approximate surface area is 157 Å². The lowest BCUT2D eigenvalue weighted by atomic mass is 10.2. The second kappa shape index (κ2) is 7.90. The second-order valence-corrected chi connectivity index (χ2v) is 8.13. The third-order valence-corrected chi connectivity index (χ3v) is 5.95. The van der Waals surface area contributed by atoms with Gasteiger partial charge in [0.2, 0.25) is 0 Å². The summed E-state index contributed by atoms with van der Waals surface area (Å²) in [5.74, 6) is 0.355. The molecular formula is C17H15N3O2S3. The zero-order chi connectivity index (χ0) is 17.8. The lowest BCUT2D eigenvalue weighted by Crippen LogP contribution is -2.13. The maximum absolute atomic E-state index is 12.6. The van der Waals surface area contributed by atoms with Crippen LogP contribution in [0, 0.1) is 6.92 Å². The lowest BCUT2D eigenvalue weighted by Gasteiger charge is -2.08. The van der Waals surface area contributed by atoms with Crippen LogP contribution in [0.1, 0.15) is 38.5 Å². The van der Waals surface area contributed by atoms with Crippen LogP contribution in [0.2, 0.25) is 0 Å². The smallest absolute Gasteiger partial charge is 0.258 e. The number of carbonyl (C=O) groups is 2. The van der Waals surface area contributed by atoms with Gasteiger partial charge >= 0.3 is 0 Å². The van der Waals surface area contributed by atoms with Gasteiger partial charge in [-0.3, -0.25) is 14.9 Å². The van der Waals surface area contributed by atoms with Gasteiger partial charge in [-0.25, -0.2) is 9.97 Å². The molecule has 0 spiro atoms. The molecule has 1 N–H and O–H groups in total. The monoisotopic (exact) mass is 389 g/mol. The molecule has 2 heterocycles. The quantitative estimate of drug-likeness (QED) is 0.490. The maximum atomic E-state index is 12.6. The van der Waals surface area contributed by atoms with E-state index < -0.39 is 0 Å². The fourth-order valence-electron chi connectivity index (χ4n) is 2.06. The summed E-state index contributed by atoms with van der Waals surface area (Å²) in [5, 5.41) is 7.89. The predicted octanol–water partition coefficient (Wildman–Crippen LogP) is 4.66. The van der Waals surface area contributed by atoms with Crippen LogP contribution in [0.15, 0.2) is 39.9 Å². The van der Waals surface area contributed by atoms with Crippen molar-refractivity contribution in [3.05, 3.63) is 57.0 Å². The van der Waals surface area contributed by atoms with E-state index in [1.165, 1.54) is 18.3 Å². The van der Waals surface area contributed by atoms with Crippen LogP contribution in [0.25, 0.3) is 0 Å². The predicted molar refractivity (Wildman–Crippen MR) is 103 cm³/mol. The van der Waals surface area contributed by atoms with Gasteiger partial charge in [0, 0.05) is 28.3 Å². The summed E-state index contributed by atoms with van der Waals surface area (Å²) in [6, 6.07) is 7.43. The number of rotatable bonds is 6. The number of aryl methyl sites for hydroxylation is 1. The van der Waals surface area contributed by atoms with Crippen LogP contribution in [-0.2, 0) is 5.75 Å². The molecule has 0 aliphatic heterocycles. The molecule has 0 aliphatic rings. The van der Waals surface area contributed by atoms with E-state index in [1.54, 1.807) is 34.5 Å². The van der Waals surface area contributed by atoms with Gasteiger partial charge in [0.15, 0.2) is 10.9 Å². The Morgan fingerprint density at radius 3 is 2.64 bits per heavy atom. The largest absolute Gasteiger partial charge is 0.298 e. The number of carbonyl (C=O) groups excluding carboxylic acids is 2. The molecule has 1 amide bonds. The molecule has 3 rings (SSSR count). The third kappa shape index (κ3) is 4.53. The first-order chi connectivity index (χ1) is 12.0. The van der Waals surface area contributed by atoms with E-state index in [0.29, 0.717) is 22.1 Å². The number of nitrogens with zero attached hydrogens (tertiary/aromatic N) is 2. The molecule has 5 nitrogen and oxygen atoms in total. The Morgan fingerprint density at radius 1 is 1.16 bits per heavy atom. The van der Waals surface area contributed by atoms with E-state index in [4.69, 9.17) is 0 Å². The fourth-order valence-corrected chi connectivity index (χ4v) is 4.47. The molecule has 0 saturated heterocycles. The van der Waals surface area contributed by atoms with Gasteiger partial charge in [-0.2, -0.15) is 0 Å². The summed E-state index contributed by atoms with van der Waals surface area (Å²) < 4.78 is 0. The number of benzene rings is 1. The molecule has 1 aromatic carbocycles. The number of hydrogen-bond acceptors (Lipinski definition) is 7. The molecule has 25 heavy (non-hydrogen) atoms. The van der Waals surface area contributed by atoms with Crippen LogP contribution in [0.5, 0.6) is 0 Å². The molecule has 0 aliphatic carbocycles. The van der Waals surface area contributed by atoms with Gasteiger partial charge in [-0.05, 0) is 19.1 Å². The number of amides is 1. The summed E-state index contributed by atoms with van der Waals surface area (Å²) in [6.45, 7) is 3.43. The molecule has 0 bridgehead atoms. The van der Waals surface area contributed by atoms with Crippen molar-refractivity contribution in [3.8, 4) is 0 Å². The van der Waals surface area contributed by atoms with Crippen LogP contribution >= 0.6 is 34.4 Å². The van der Waals surface area contributed by atoms with Gasteiger partial charge in [0.1, 0.15) is 5.69 Å². The Balaban J connectivity index is 1.72. The number of aromatic nitrogens is 2. The highest BCUT2D eigenvalue weighted by atomic mass is 32.2. The summed E-state index contributed by atoms with van der Waals surface area (Å²) in [4.78, 5) is 33.3. The van der Waals surface area contributed by atoms with Crippen LogP contribution in [-0.4, -0.2) is 21.7 Å². The molecule has 0 radical (unpaired) electrons. The van der Waals surface area contributed by atoms with Crippen molar-refractivity contribution in [3.63, 3.8) is 0 Å². The Bertz CT molecular complexity index is 917. The Morgan fingerprint density at radius 2 is 1.96 bits per heavy atom. The number of hydrogen-bond donors (Lipinski definition) is 1. The van der Waals surface area contributed by atoms with Crippen molar-refractivity contribution in [2.24, 2.45) is 0 Å². The first-order valence-electron chi connectivity index (χ1n) is 7.43. The molecular weight excluding hydrogens is 374 g/mol. The molecule has 0 unspecified atom stereocenters. The third-order valence-electron chi connectivity index (χ3n) is 3.26. The number of Topliss-reactive ketones (excluding diaryl/α,β-unsaturated/α-hetero) is 1. The van der Waals surface area contributed by atoms with Gasteiger partial charge in [-0.1, -0.05) is 12.1 Å². The maximum Gasteiger partial charge on any atom is 0.258 e. The number of thioether (sulfide) groups is 1. The number of nitrogens with one attached hydrogen (secondary N) is 1. The van der Waals surface area contributed by atoms with Crippen LogP contribution in [0.4, 0.5) is 5.13 Å². The molecule has 0 fully saturated rings. The van der Waals surface area contributed by atoms with E-state index in [0.717, 1.165) is 15.6 Å². The van der Waals surface area contributed by atoms with Gasteiger partial charge in [-0.15, -0.1) is 34.4 Å². The SMILES string of the molecule is CC(=O)c1csc(NC(=O)c2ccccc2SCc2csc(C)n2)n1. The van der Waals surface area contributed by atoms with Crippen LogP contribution < -0.4 is 5.32 Å². The number of ketones is 1. The van der Waals surface area contributed by atoms with Crippen molar-refractivity contribution in [1.29, 1.82) is 0 Å². The first kappa shape index (κ1) is 17.8. The molecule has 8 heteroatoms. The highest BCUT2D eigenvalue weighted by molar-refractivity contribution is 7.98. The molecule has 0 saturated carbocycles. The lowest BCUT2D eigenvalue weighted by molar-refractivity contribution is 0.100. The first-order valence-corrected chi connectivity index (χ1v) is 10.2. The molecule has 128 valence electrons. The molecule has 0 atom stereocenters. The van der Waals surface area contributed by atoms with E-state index in [9.17, 15) is 9.59 Å². The van der Waals surface area contributed by atoms with Crippen molar-refractivity contribution in [2.75, 3.05) is 5.32 Å². The Hall–Kier alpha value is -2.03. The van der Waals surface area contributed by atoms with Crippen molar-refractivity contribution >= 4 is 51.3 Å². The zero-order valence-corrected chi connectivity index (χ0v) is 16.1. The van der Waals surface area contributed by atoms with Crippen molar-refractivity contribution in [2.45, 2.75) is 24.5 Å². The number of anilines is 1. The van der Waals surface area contributed by atoms with Gasteiger partial charge < -0.3 is 0 Å². The average Bonchev–Trinajstić information content (AvgIpc) is 3.22. The van der Waals surface area contributed by atoms with E-state index in [2.05, 4.69) is 15.3 Å². The number of thiazole rings is 2. The summed E-state index contributed by atoms with van der Waals surface area (Å²) in [7, 11) is 0. The highest BCUT2D eigenvalue weighted by Gasteiger charge is 2.14. The minimum atomic E-state index is -0.234. The standard InChI is InChI=1S/C17H15N3O2S3/c1-10(21)14-9-25-17(19-14)20-16(22)13-5-3-4-6-15(13)24-8-12-7-23-11(2)18-12/h3-7,9H,8H2,1-2H3,(H,19,20,22). The molecule has 3 aromatic rings. The zero-order valence-electron chi connectivity index (χ0n) is 13.6. The van der Waals surface area contributed by atoms with Crippen LogP contribution in [0.3, 0.4) is 0 Å². The molecule has 2 aromatic heterocycles. The fraction of sp³-hybridized carbons (Fsp3) is 0.176. The van der Waals surface area contributed by atoms with Gasteiger partial charge in [0.05, 0.1) is 16.3 Å². The average molecular weight is 390 g/mol. The van der Waals surface area contributed by atoms with Crippen molar-refractivity contribution in [1.82, 2.24) is 9.97 Å². The Kier molecular flexibility index (Phi) is 5.62. The highest BCUT2D eigenvalue weighted by Crippen LogP contribution is 2.28. The summed E-state index contributed by atoms with van der Waals surface area (Å²) in [5.41, 5.74) is 1.95. The normalized spacial score (nSPS) is 10.6. The minimum Gasteiger partial charge on any atom is -0.298 e. The summed E-state index contributed by atoms with van der Waals surface area (Å²) >= 11 is 4.43. The minimum absolute atomic E-state index is 0.119. The van der Waals surface area contributed by atoms with E-state index >= 15 is 0 Å². The second-order valence-electron chi connectivity index (χ2n) is 5.19. The van der Waals surface area contributed by atoms with Gasteiger partial charge in [0.25, 0.3) is 5.91 Å². The van der Waals surface area contributed by atoms with E-state index in [1.807, 2.05) is 30.5 Å².